The minimum Gasteiger partial charge on any atom is -0.432 e. The fourth-order valence-corrected chi connectivity index (χ4v) is 2.10. The molecule has 0 aromatic carbocycles. The van der Waals surface area contributed by atoms with E-state index in [1.165, 1.54) is 13.0 Å². The van der Waals surface area contributed by atoms with Crippen molar-refractivity contribution in [2.75, 3.05) is 37.6 Å². The third-order valence-electron chi connectivity index (χ3n) is 2.86. The molecule has 1 aliphatic heterocycles. The third-order valence-corrected chi connectivity index (χ3v) is 3.13. The monoisotopic (exact) mass is 243 g/mol. The first-order valence-corrected chi connectivity index (χ1v) is 6.34. The van der Waals surface area contributed by atoms with Crippen molar-refractivity contribution >= 4 is 17.6 Å². The maximum atomic E-state index is 5.69. The molecule has 90 valence electrons. The van der Waals surface area contributed by atoms with Crippen molar-refractivity contribution in [1.29, 1.82) is 0 Å². The molecule has 0 aliphatic carbocycles. The lowest BCUT2D eigenvalue weighted by Gasteiger charge is -2.33. The van der Waals surface area contributed by atoms with E-state index in [9.17, 15) is 0 Å². The van der Waals surface area contributed by atoms with Gasteiger partial charge in [0.15, 0.2) is 0 Å². The van der Waals surface area contributed by atoms with Gasteiger partial charge in [0, 0.05) is 26.2 Å². The molecule has 5 heteroatoms. The molecule has 1 aromatic rings. The van der Waals surface area contributed by atoms with Crippen LogP contribution in [0.15, 0.2) is 10.7 Å². The van der Waals surface area contributed by atoms with Crippen molar-refractivity contribution in [3.63, 3.8) is 0 Å². The Kier molecular flexibility index (Phi) is 4.07. The van der Waals surface area contributed by atoms with Crippen molar-refractivity contribution in [3.8, 4) is 0 Å². The van der Waals surface area contributed by atoms with Gasteiger partial charge in [0.2, 0.25) is 0 Å². The number of hydrogen-bond donors (Lipinski definition) is 0. The first kappa shape index (κ1) is 11.7. The molecular formula is C11H18ClN3O. The van der Waals surface area contributed by atoms with Crippen LogP contribution in [-0.2, 0) is 5.88 Å². The van der Waals surface area contributed by atoms with E-state index in [0.717, 1.165) is 31.9 Å². The van der Waals surface area contributed by atoms with Gasteiger partial charge in [-0.15, -0.1) is 11.6 Å². The summed E-state index contributed by atoms with van der Waals surface area (Å²) in [5.74, 6) is 0.416. The van der Waals surface area contributed by atoms with E-state index < -0.39 is 0 Å². The Balaban J connectivity index is 1.88. The Morgan fingerprint density at radius 2 is 2.12 bits per heavy atom. The summed E-state index contributed by atoms with van der Waals surface area (Å²) in [6, 6.07) is 0.715. The van der Waals surface area contributed by atoms with Crippen molar-refractivity contribution in [2.24, 2.45) is 0 Å². The number of oxazole rings is 1. The van der Waals surface area contributed by atoms with Crippen LogP contribution < -0.4 is 4.90 Å². The average molecular weight is 244 g/mol. The summed E-state index contributed by atoms with van der Waals surface area (Å²) < 4.78 is 5.40. The lowest BCUT2D eigenvalue weighted by molar-refractivity contribution is 0.253. The summed E-state index contributed by atoms with van der Waals surface area (Å²) in [6.45, 7) is 7.56. The van der Waals surface area contributed by atoms with E-state index in [2.05, 4.69) is 21.7 Å². The molecule has 1 fully saturated rings. The predicted octanol–water partition coefficient (Wildman–Crippen LogP) is 1.95. The highest BCUT2D eigenvalue weighted by atomic mass is 35.5. The molecule has 2 heterocycles. The van der Waals surface area contributed by atoms with Gasteiger partial charge in [-0.3, -0.25) is 4.90 Å². The van der Waals surface area contributed by atoms with Crippen LogP contribution in [0.2, 0.25) is 0 Å². The maximum absolute atomic E-state index is 5.69. The Labute approximate surface area is 101 Å². The number of rotatable bonds is 4. The van der Waals surface area contributed by atoms with Gasteiger partial charge < -0.3 is 9.32 Å². The zero-order valence-corrected chi connectivity index (χ0v) is 10.4. The number of anilines is 1. The minimum absolute atomic E-state index is 0.416. The van der Waals surface area contributed by atoms with E-state index in [1.54, 1.807) is 6.26 Å². The van der Waals surface area contributed by atoms with Crippen molar-refractivity contribution in [1.82, 2.24) is 9.88 Å². The van der Waals surface area contributed by atoms with E-state index in [4.69, 9.17) is 16.0 Å². The third kappa shape index (κ3) is 2.68. The molecule has 16 heavy (non-hydrogen) atoms. The second kappa shape index (κ2) is 5.55. The van der Waals surface area contributed by atoms with Crippen LogP contribution in [0.5, 0.6) is 0 Å². The van der Waals surface area contributed by atoms with Crippen LogP contribution in [0.4, 0.5) is 6.01 Å². The second-order valence-corrected chi connectivity index (χ2v) is 4.35. The van der Waals surface area contributed by atoms with Crippen LogP contribution in [0.25, 0.3) is 0 Å². The van der Waals surface area contributed by atoms with Gasteiger partial charge in [0.1, 0.15) is 6.26 Å². The number of halogens is 1. The molecule has 1 saturated heterocycles. The molecule has 4 nitrogen and oxygen atoms in total. The molecule has 0 amide bonds. The first-order valence-electron chi connectivity index (χ1n) is 5.81. The Bertz CT molecular complexity index is 321. The molecule has 0 spiro atoms. The molecule has 0 radical (unpaired) electrons. The van der Waals surface area contributed by atoms with Crippen LogP contribution in [0, 0.1) is 0 Å². The van der Waals surface area contributed by atoms with Gasteiger partial charge in [-0.2, -0.15) is 4.98 Å². The van der Waals surface area contributed by atoms with Crippen molar-refractivity contribution in [2.45, 2.75) is 19.2 Å². The molecule has 0 saturated carbocycles. The highest BCUT2D eigenvalue weighted by Crippen LogP contribution is 2.16. The first-order chi connectivity index (χ1) is 7.83. The molecule has 0 unspecified atom stereocenters. The fourth-order valence-electron chi connectivity index (χ4n) is 1.98. The summed E-state index contributed by atoms with van der Waals surface area (Å²) in [5, 5.41) is 0. The molecule has 0 N–H and O–H groups in total. The zero-order chi connectivity index (χ0) is 11.4. The number of alkyl halides is 1. The lowest BCUT2D eigenvalue weighted by Crippen LogP contribution is -2.46. The van der Waals surface area contributed by atoms with E-state index in [0.29, 0.717) is 11.9 Å². The summed E-state index contributed by atoms with van der Waals surface area (Å²) in [5.41, 5.74) is 0.813. The second-order valence-electron chi connectivity index (χ2n) is 4.08. The molecule has 1 aliphatic rings. The largest absolute Gasteiger partial charge is 0.432 e. The zero-order valence-electron chi connectivity index (χ0n) is 9.65. The Morgan fingerprint density at radius 1 is 1.38 bits per heavy atom. The number of aromatic nitrogens is 1. The fraction of sp³-hybridized carbons (Fsp3) is 0.727. The summed E-state index contributed by atoms with van der Waals surface area (Å²) >= 11 is 5.69. The van der Waals surface area contributed by atoms with Crippen LogP contribution in [0.3, 0.4) is 0 Å². The topological polar surface area (TPSA) is 32.5 Å². The smallest absolute Gasteiger partial charge is 0.297 e. The maximum Gasteiger partial charge on any atom is 0.297 e. The van der Waals surface area contributed by atoms with E-state index >= 15 is 0 Å². The van der Waals surface area contributed by atoms with Gasteiger partial charge in [0.05, 0.1) is 11.6 Å². The van der Waals surface area contributed by atoms with Gasteiger partial charge >= 0.3 is 0 Å². The lowest BCUT2D eigenvalue weighted by atomic mass is 10.3. The normalized spacial score (nSPS) is 18.0. The number of nitrogens with zero attached hydrogens (tertiary/aromatic N) is 3. The van der Waals surface area contributed by atoms with Gasteiger partial charge in [-0.25, -0.2) is 0 Å². The highest BCUT2D eigenvalue weighted by molar-refractivity contribution is 6.16. The van der Waals surface area contributed by atoms with Crippen molar-refractivity contribution < 1.29 is 4.42 Å². The molecule has 0 bridgehead atoms. The van der Waals surface area contributed by atoms with Gasteiger partial charge in [0.25, 0.3) is 6.01 Å². The van der Waals surface area contributed by atoms with Crippen molar-refractivity contribution in [3.05, 3.63) is 12.0 Å². The standard InChI is InChI=1S/C11H18ClN3O/c1-2-3-14-4-6-15(7-5-14)11-13-10(8-12)9-16-11/h9H,2-8H2,1H3. The van der Waals surface area contributed by atoms with Gasteiger partial charge in [-0.05, 0) is 13.0 Å². The van der Waals surface area contributed by atoms with E-state index in [1.807, 2.05) is 0 Å². The molecule has 2 rings (SSSR count). The van der Waals surface area contributed by atoms with E-state index in [-0.39, 0.29) is 0 Å². The van der Waals surface area contributed by atoms with Crippen LogP contribution in [-0.4, -0.2) is 42.6 Å². The highest BCUT2D eigenvalue weighted by Gasteiger charge is 2.19. The van der Waals surface area contributed by atoms with Gasteiger partial charge in [-0.1, -0.05) is 6.92 Å². The SMILES string of the molecule is CCCN1CCN(c2nc(CCl)co2)CC1. The Morgan fingerprint density at radius 3 is 2.69 bits per heavy atom. The Hall–Kier alpha value is -0.740. The average Bonchev–Trinajstić information content (AvgIpc) is 2.79. The minimum atomic E-state index is 0.416. The number of piperazine rings is 1. The predicted molar refractivity (Wildman–Crippen MR) is 65.0 cm³/mol. The molecular weight excluding hydrogens is 226 g/mol. The number of hydrogen-bond acceptors (Lipinski definition) is 4. The molecule has 0 atom stereocenters. The quantitative estimate of drug-likeness (QED) is 0.757. The summed E-state index contributed by atoms with van der Waals surface area (Å²) in [7, 11) is 0. The summed E-state index contributed by atoms with van der Waals surface area (Å²) in [4.78, 5) is 8.99. The molecule has 1 aromatic heterocycles. The van der Waals surface area contributed by atoms with Crippen LogP contribution in [0.1, 0.15) is 19.0 Å². The summed E-state index contributed by atoms with van der Waals surface area (Å²) in [6.07, 6.45) is 2.86. The van der Waals surface area contributed by atoms with Crippen LogP contribution >= 0.6 is 11.6 Å².